The molecule has 1 aliphatic rings. The lowest BCUT2D eigenvalue weighted by atomic mass is 10.0. The average molecular weight is 263 g/mol. The summed E-state index contributed by atoms with van der Waals surface area (Å²) in [4.78, 5) is 0.625. The van der Waals surface area contributed by atoms with Crippen molar-refractivity contribution in [1.29, 1.82) is 0 Å². The lowest BCUT2D eigenvalue weighted by Crippen LogP contribution is -2.19. The predicted octanol–water partition coefficient (Wildman–Crippen LogP) is 3.09. The van der Waals surface area contributed by atoms with E-state index in [1.165, 1.54) is 18.4 Å². The Labute approximate surface area is 115 Å². The molecule has 3 heteroatoms. The molecule has 18 heavy (non-hydrogen) atoms. The van der Waals surface area contributed by atoms with E-state index >= 15 is 0 Å². The van der Waals surface area contributed by atoms with Gasteiger partial charge in [0, 0.05) is 18.4 Å². The van der Waals surface area contributed by atoms with Crippen LogP contribution in [0.15, 0.2) is 30.3 Å². The van der Waals surface area contributed by atoms with Gasteiger partial charge in [-0.1, -0.05) is 42.5 Å². The Balaban J connectivity index is 1.58. The normalized spacial score (nSPS) is 16.4. The van der Waals surface area contributed by atoms with Gasteiger partial charge in [-0.2, -0.15) is 0 Å². The molecule has 0 aliphatic heterocycles. The van der Waals surface area contributed by atoms with Gasteiger partial charge in [-0.25, -0.2) is 0 Å². The molecule has 0 unspecified atom stereocenters. The third kappa shape index (κ3) is 4.39. The lowest BCUT2D eigenvalue weighted by molar-refractivity contribution is 0.0910. The van der Waals surface area contributed by atoms with Gasteiger partial charge in [-0.05, 0) is 31.2 Å². The smallest absolute Gasteiger partial charge is 0.0733 e. The number of rotatable bonds is 8. The van der Waals surface area contributed by atoms with Crippen molar-refractivity contribution in [2.45, 2.75) is 32.1 Å². The molecular formula is C15H21NOS. The summed E-state index contributed by atoms with van der Waals surface area (Å²) in [5, 5.41) is 0. The van der Waals surface area contributed by atoms with Crippen LogP contribution >= 0.6 is 12.2 Å². The Hall–Kier alpha value is -0.930. The first-order chi connectivity index (χ1) is 8.70. The maximum Gasteiger partial charge on any atom is 0.0733 e. The first-order valence-electron chi connectivity index (χ1n) is 6.60. The van der Waals surface area contributed by atoms with Gasteiger partial charge in [-0.3, -0.25) is 0 Å². The molecule has 0 saturated heterocycles. The van der Waals surface area contributed by atoms with Crippen LogP contribution in [0.3, 0.4) is 0 Å². The van der Waals surface area contributed by atoms with E-state index in [0.29, 0.717) is 10.4 Å². The zero-order valence-corrected chi connectivity index (χ0v) is 11.5. The number of ether oxygens (including phenoxy) is 1. The van der Waals surface area contributed by atoms with Gasteiger partial charge in [0.25, 0.3) is 0 Å². The molecule has 0 atom stereocenters. The largest absolute Gasteiger partial charge is 0.393 e. The van der Waals surface area contributed by atoms with Crippen molar-refractivity contribution in [3.63, 3.8) is 0 Å². The van der Waals surface area contributed by atoms with E-state index in [2.05, 4.69) is 24.3 Å². The molecule has 0 heterocycles. The van der Waals surface area contributed by atoms with Crippen LogP contribution in [-0.4, -0.2) is 18.2 Å². The number of hydrogen-bond acceptors (Lipinski definition) is 2. The molecule has 2 nitrogen and oxygen atoms in total. The van der Waals surface area contributed by atoms with Gasteiger partial charge in [0.2, 0.25) is 0 Å². The highest BCUT2D eigenvalue weighted by Gasteiger charge is 2.43. The molecular weight excluding hydrogens is 242 g/mol. The molecule has 0 bridgehead atoms. The van der Waals surface area contributed by atoms with Gasteiger partial charge in [0.1, 0.15) is 0 Å². The molecule has 1 aliphatic carbocycles. The minimum absolute atomic E-state index is 0.290. The fourth-order valence-corrected chi connectivity index (χ4v) is 2.54. The van der Waals surface area contributed by atoms with Gasteiger partial charge in [0.15, 0.2) is 0 Å². The Morgan fingerprint density at radius 2 is 2.00 bits per heavy atom. The first kappa shape index (κ1) is 13.5. The van der Waals surface area contributed by atoms with Crippen LogP contribution in [-0.2, 0) is 11.2 Å². The quantitative estimate of drug-likeness (QED) is 0.578. The molecule has 1 aromatic rings. The summed E-state index contributed by atoms with van der Waals surface area (Å²) in [5.41, 5.74) is 7.27. The Kier molecular flexibility index (Phi) is 4.72. The van der Waals surface area contributed by atoms with E-state index in [1.54, 1.807) is 0 Å². The van der Waals surface area contributed by atoms with E-state index in [-0.39, 0.29) is 0 Å². The van der Waals surface area contributed by atoms with Crippen molar-refractivity contribution in [1.82, 2.24) is 0 Å². The topological polar surface area (TPSA) is 35.2 Å². The summed E-state index contributed by atoms with van der Waals surface area (Å²) in [6.07, 6.45) is 5.43. The number of benzene rings is 1. The van der Waals surface area contributed by atoms with Gasteiger partial charge in [0.05, 0.1) is 11.6 Å². The SMILES string of the molecule is NC(=S)CC1(COCCCc2ccccc2)CC1. The summed E-state index contributed by atoms with van der Waals surface area (Å²) in [6, 6.07) is 10.5. The highest BCUT2D eigenvalue weighted by Crippen LogP contribution is 2.48. The summed E-state index contributed by atoms with van der Waals surface area (Å²) < 4.78 is 5.77. The molecule has 0 amide bonds. The maximum atomic E-state index is 5.77. The summed E-state index contributed by atoms with van der Waals surface area (Å²) in [6.45, 7) is 1.65. The molecule has 1 saturated carbocycles. The van der Waals surface area contributed by atoms with E-state index in [0.717, 1.165) is 32.5 Å². The number of thiocarbonyl (C=S) groups is 1. The fraction of sp³-hybridized carbons (Fsp3) is 0.533. The van der Waals surface area contributed by atoms with E-state index in [1.807, 2.05) is 6.07 Å². The molecule has 0 radical (unpaired) electrons. The zero-order chi connectivity index (χ0) is 12.8. The van der Waals surface area contributed by atoms with Crippen molar-refractivity contribution in [3.8, 4) is 0 Å². The third-order valence-corrected chi connectivity index (χ3v) is 3.66. The summed E-state index contributed by atoms with van der Waals surface area (Å²) in [5.74, 6) is 0. The second-order valence-corrected chi connectivity index (χ2v) is 5.81. The van der Waals surface area contributed by atoms with Crippen LogP contribution in [0.4, 0.5) is 0 Å². The predicted molar refractivity (Wildman–Crippen MR) is 78.7 cm³/mol. The van der Waals surface area contributed by atoms with Crippen LogP contribution in [0.25, 0.3) is 0 Å². The molecule has 0 spiro atoms. The number of aryl methyl sites for hydroxylation is 1. The third-order valence-electron chi connectivity index (χ3n) is 3.51. The highest BCUT2D eigenvalue weighted by atomic mass is 32.1. The molecule has 0 aromatic heterocycles. The summed E-state index contributed by atoms with van der Waals surface area (Å²) >= 11 is 4.97. The lowest BCUT2D eigenvalue weighted by Gasteiger charge is -2.14. The zero-order valence-electron chi connectivity index (χ0n) is 10.7. The average Bonchev–Trinajstić information content (AvgIpc) is 3.09. The number of nitrogens with two attached hydrogens (primary N) is 1. The second kappa shape index (κ2) is 6.30. The van der Waals surface area contributed by atoms with Crippen LogP contribution in [0.2, 0.25) is 0 Å². The molecule has 1 fully saturated rings. The van der Waals surface area contributed by atoms with Crippen molar-refractivity contribution >= 4 is 17.2 Å². The molecule has 98 valence electrons. The molecule has 1 aromatic carbocycles. The van der Waals surface area contributed by atoms with Crippen molar-refractivity contribution in [2.75, 3.05) is 13.2 Å². The minimum atomic E-state index is 0.290. The van der Waals surface area contributed by atoms with E-state index in [9.17, 15) is 0 Å². The molecule has 2 N–H and O–H groups in total. The summed E-state index contributed by atoms with van der Waals surface area (Å²) in [7, 11) is 0. The van der Waals surface area contributed by atoms with E-state index in [4.69, 9.17) is 22.7 Å². The van der Waals surface area contributed by atoms with Crippen molar-refractivity contribution in [2.24, 2.45) is 11.1 Å². The van der Waals surface area contributed by atoms with Gasteiger partial charge in [-0.15, -0.1) is 0 Å². The monoisotopic (exact) mass is 263 g/mol. The molecule has 2 rings (SSSR count). The fourth-order valence-electron chi connectivity index (χ4n) is 2.23. The van der Waals surface area contributed by atoms with Crippen LogP contribution in [0, 0.1) is 5.41 Å². The Bertz CT molecular complexity index is 387. The second-order valence-electron chi connectivity index (χ2n) is 5.28. The highest BCUT2D eigenvalue weighted by molar-refractivity contribution is 7.80. The number of hydrogen-bond donors (Lipinski definition) is 1. The van der Waals surface area contributed by atoms with E-state index < -0.39 is 0 Å². The Morgan fingerprint density at radius 3 is 2.61 bits per heavy atom. The van der Waals surface area contributed by atoms with Crippen LogP contribution in [0.1, 0.15) is 31.2 Å². The standard InChI is InChI=1S/C15H21NOS/c16-14(18)11-15(8-9-15)12-17-10-4-7-13-5-2-1-3-6-13/h1-3,5-6H,4,7-12H2,(H2,16,18). The van der Waals surface area contributed by atoms with Gasteiger partial charge < -0.3 is 10.5 Å². The van der Waals surface area contributed by atoms with Crippen molar-refractivity contribution < 1.29 is 4.74 Å². The van der Waals surface area contributed by atoms with Crippen LogP contribution < -0.4 is 5.73 Å². The van der Waals surface area contributed by atoms with Crippen LogP contribution in [0.5, 0.6) is 0 Å². The van der Waals surface area contributed by atoms with Gasteiger partial charge >= 0.3 is 0 Å². The Morgan fingerprint density at radius 1 is 1.28 bits per heavy atom. The maximum absolute atomic E-state index is 5.77. The minimum Gasteiger partial charge on any atom is -0.393 e. The van der Waals surface area contributed by atoms with Crippen molar-refractivity contribution in [3.05, 3.63) is 35.9 Å². The first-order valence-corrected chi connectivity index (χ1v) is 7.01.